The lowest BCUT2D eigenvalue weighted by Gasteiger charge is -2.27. The largest absolute Gasteiger partial charge is 0.326 e. The fourth-order valence-electron chi connectivity index (χ4n) is 3.70. The van der Waals surface area contributed by atoms with E-state index in [4.69, 9.17) is 5.73 Å². The molecule has 4 rings (SSSR count). The highest BCUT2D eigenvalue weighted by Crippen LogP contribution is 2.31. The summed E-state index contributed by atoms with van der Waals surface area (Å²) in [5, 5.41) is 5.44. The van der Waals surface area contributed by atoms with Gasteiger partial charge in [-0.25, -0.2) is 0 Å². The predicted molar refractivity (Wildman–Crippen MR) is 130 cm³/mol. The second-order valence-electron chi connectivity index (χ2n) is 7.31. The van der Waals surface area contributed by atoms with Gasteiger partial charge >= 0.3 is 0 Å². The van der Waals surface area contributed by atoms with Crippen LogP contribution in [0.15, 0.2) is 121 Å². The molecule has 0 fully saturated rings. The van der Waals surface area contributed by atoms with Gasteiger partial charge in [0.2, 0.25) is 5.91 Å². The molecule has 0 saturated carbocycles. The molecule has 0 aliphatic heterocycles. The lowest BCUT2D eigenvalue weighted by atomic mass is 9.85. The summed E-state index contributed by atoms with van der Waals surface area (Å²) in [5.74, 6) is -0.387. The standard InChI is InChI=1S/C27H25N2OP/c28-26(25(21-13-5-1-6-14-21)22-15-7-2-8-16-22)27(30)29-31(23-17-9-3-10-18-23)24-19-11-4-12-20-24/h1-20,25-26H,28H2,(H,29,30)/t26-/m0/s1. The molecule has 0 radical (unpaired) electrons. The number of amides is 1. The maximum atomic E-state index is 13.5. The minimum absolute atomic E-state index is 0.156. The van der Waals surface area contributed by atoms with E-state index in [9.17, 15) is 4.79 Å². The summed E-state index contributed by atoms with van der Waals surface area (Å²) in [7, 11) is -1.06. The molecule has 0 bridgehead atoms. The number of carbonyl (C=O) groups is 1. The average molecular weight is 424 g/mol. The summed E-state index contributed by atoms with van der Waals surface area (Å²) in [6.07, 6.45) is 0. The molecular formula is C27H25N2OP. The molecule has 3 N–H and O–H groups in total. The van der Waals surface area contributed by atoms with Crippen molar-refractivity contribution in [3.05, 3.63) is 132 Å². The van der Waals surface area contributed by atoms with E-state index < -0.39 is 14.1 Å². The van der Waals surface area contributed by atoms with Crippen molar-refractivity contribution in [3.8, 4) is 0 Å². The number of benzene rings is 4. The van der Waals surface area contributed by atoms with Crippen LogP contribution in [0.3, 0.4) is 0 Å². The molecule has 1 atom stereocenters. The van der Waals surface area contributed by atoms with Crippen molar-refractivity contribution in [1.82, 2.24) is 5.09 Å². The second kappa shape index (κ2) is 10.2. The van der Waals surface area contributed by atoms with E-state index >= 15 is 0 Å². The number of nitrogens with two attached hydrogens (primary N) is 1. The molecule has 0 aliphatic rings. The summed E-state index contributed by atoms with van der Waals surface area (Å²) in [6.45, 7) is 0. The maximum Gasteiger partial charge on any atom is 0.241 e. The highest BCUT2D eigenvalue weighted by Gasteiger charge is 2.29. The Morgan fingerprint density at radius 1 is 0.613 bits per heavy atom. The van der Waals surface area contributed by atoms with E-state index in [0.717, 1.165) is 21.7 Å². The van der Waals surface area contributed by atoms with Crippen LogP contribution in [0.4, 0.5) is 0 Å². The van der Waals surface area contributed by atoms with Crippen molar-refractivity contribution >= 4 is 24.6 Å². The van der Waals surface area contributed by atoms with Gasteiger partial charge in [-0.15, -0.1) is 0 Å². The second-order valence-corrected chi connectivity index (χ2v) is 9.23. The Labute approximate surface area is 184 Å². The molecule has 0 saturated heterocycles. The van der Waals surface area contributed by atoms with Crippen molar-refractivity contribution in [2.75, 3.05) is 0 Å². The Bertz CT molecular complexity index is 1010. The van der Waals surface area contributed by atoms with Gasteiger partial charge in [-0.3, -0.25) is 4.79 Å². The van der Waals surface area contributed by atoms with Crippen LogP contribution >= 0.6 is 8.07 Å². The van der Waals surface area contributed by atoms with Crippen LogP contribution in [-0.4, -0.2) is 11.9 Å². The monoisotopic (exact) mass is 424 g/mol. The predicted octanol–water partition coefficient (Wildman–Crippen LogP) is 4.31. The van der Waals surface area contributed by atoms with Gasteiger partial charge in [-0.1, -0.05) is 121 Å². The van der Waals surface area contributed by atoms with Crippen LogP contribution in [0, 0.1) is 0 Å². The van der Waals surface area contributed by atoms with Crippen LogP contribution in [0.25, 0.3) is 0 Å². The SMILES string of the molecule is N[C@H](C(=O)NP(c1ccccc1)c1ccccc1)C(c1ccccc1)c1ccccc1. The molecular weight excluding hydrogens is 399 g/mol. The molecule has 0 heterocycles. The van der Waals surface area contributed by atoms with E-state index in [1.807, 2.05) is 97.1 Å². The molecule has 3 nitrogen and oxygen atoms in total. The van der Waals surface area contributed by atoms with Crippen LogP contribution in [-0.2, 0) is 4.79 Å². The smallest absolute Gasteiger partial charge is 0.241 e. The van der Waals surface area contributed by atoms with Gasteiger partial charge < -0.3 is 10.8 Å². The first kappa shape index (κ1) is 21.0. The fraction of sp³-hybridized carbons (Fsp3) is 0.0741. The van der Waals surface area contributed by atoms with Crippen molar-refractivity contribution in [1.29, 1.82) is 0 Å². The zero-order valence-corrected chi connectivity index (χ0v) is 18.0. The maximum absolute atomic E-state index is 13.5. The number of carbonyl (C=O) groups excluding carboxylic acids is 1. The van der Waals surface area contributed by atoms with Crippen molar-refractivity contribution in [2.24, 2.45) is 5.73 Å². The van der Waals surface area contributed by atoms with E-state index in [-0.39, 0.29) is 11.8 Å². The first-order valence-corrected chi connectivity index (χ1v) is 11.6. The molecule has 154 valence electrons. The van der Waals surface area contributed by atoms with Crippen LogP contribution in [0.1, 0.15) is 17.0 Å². The minimum atomic E-state index is -1.06. The zero-order valence-electron chi connectivity index (χ0n) is 17.1. The Balaban J connectivity index is 1.66. The summed E-state index contributed by atoms with van der Waals surface area (Å²) < 4.78 is 0. The molecule has 0 aromatic heterocycles. The number of nitrogens with one attached hydrogen (secondary N) is 1. The molecule has 0 aliphatic carbocycles. The first-order chi connectivity index (χ1) is 15.2. The molecule has 4 aromatic carbocycles. The highest BCUT2D eigenvalue weighted by molar-refractivity contribution is 7.71. The van der Waals surface area contributed by atoms with Gasteiger partial charge in [0.05, 0.1) is 14.1 Å². The average Bonchev–Trinajstić information content (AvgIpc) is 2.85. The molecule has 1 amide bonds. The van der Waals surface area contributed by atoms with Crippen LogP contribution in [0.5, 0.6) is 0 Å². The van der Waals surface area contributed by atoms with Crippen LogP contribution in [0.2, 0.25) is 0 Å². The van der Waals surface area contributed by atoms with Gasteiger partial charge in [-0.2, -0.15) is 0 Å². The van der Waals surface area contributed by atoms with Gasteiger partial charge in [0.15, 0.2) is 0 Å². The van der Waals surface area contributed by atoms with Gasteiger partial charge in [0.25, 0.3) is 0 Å². The molecule has 4 heteroatoms. The minimum Gasteiger partial charge on any atom is -0.326 e. The third kappa shape index (κ3) is 5.08. The molecule has 0 unspecified atom stereocenters. The fourth-order valence-corrected chi connectivity index (χ4v) is 5.56. The van der Waals surface area contributed by atoms with Gasteiger partial charge in [0.1, 0.15) is 0 Å². The Morgan fingerprint density at radius 3 is 1.35 bits per heavy atom. The third-order valence-corrected chi connectivity index (χ3v) is 7.30. The van der Waals surface area contributed by atoms with E-state index in [1.54, 1.807) is 0 Å². The normalized spacial score (nSPS) is 12.0. The Kier molecular flexibility index (Phi) is 6.89. The highest BCUT2D eigenvalue weighted by atomic mass is 31.1. The van der Waals surface area contributed by atoms with Crippen molar-refractivity contribution < 1.29 is 4.79 Å². The number of hydrogen-bond acceptors (Lipinski definition) is 2. The van der Waals surface area contributed by atoms with Crippen molar-refractivity contribution in [2.45, 2.75) is 12.0 Å². The number of hydrogen-bond donors (Lipinski definition) is 2. The quantitative estimate of drug-likeness (QED) is 0.435. The third-order valence-electron chi connectivity index (χ3n) is 5.23. The topological polar surface area (TPSA) is 55.1 Å². The first-order valence-electron chi connectivity index (χ1n) is 10.3. The summed E-state index contributed by atoms with van der Waals surface area (Å²) in [5.41, 5.74) is 8.68. The summed E-state index contributed by atoms with van der Waals surface area (Å²) in [6, 6.07) is 39.4. The van der Waals surface area contributed by atoms with Gasteiger partial charge in [-0.05, 0) is 11.1 Å². The Morgan fingerprint density at radius 2 is 0.968 bits per heavy atom. The van der Waals surface area contributed by atoms with E-state index in [0.29, 0.717) is 0 Å². The summed E-state index contributed by atoms with van der Waals surface area (Å²) in [4.78, 5) is 13.5. The molecule has 0 spiro atoms. The van der Waals surface area contributed by atoms with Gasteiger partial charge in [0, 0.05) is 16.5 Å². The molecule has 4 aromatic rings. The van der Waals surface area contributed by atoms with E-state index in [1.165, 1.54) is 0 Å². The Hall–Kier alpha value is -3.26. The lowest BCUT2D eigenvalue weighted by molar-refractivity contribution is -0.120. The van der Waals surface area contributed by atoms with Crippen LogP contribution < -0.4 is 21.4 Å². The number of rotatable bonds is 7. The van der Waals surface area contributed by atoms with Crippen molar-refractivity contribution in [3.63, 3.8) is 0 Å². The molecule has 31 heavy (non-hydrogen) atoms. The summed E-state index contributed by atoms with van der Waals surface area (Å²) >= 11 is 0. The van der Waals surface area contributed by atoms with E-state index in [2.05, 4.69) is 29.4 Å². The lowest BCUT2D eigenvalue weighted by Crippen LogP contribution is -2.45. The zero-order chi connectivity index (χ0) is 21.5.